The smallest absolute Gasteiger partial charge is 0.248 e. The molecule has 4 N–H and O–H groups in total. The van der Waals surface area contributed by atoms with Crippen LogP contribution in [-0.4, -0.2) is 25.1 Å². The topological polar surface area (TPSA) is 124 Å². The van der Waals surface area contributed by atoms with Crippen molar-refractivity contribution in [3.63, 3.8) is 0 Å². The van der Waals surface area contributed by atoms with E-state index in [9.17, 15) is 10.1 Å². The maximum atomic E-state index is 11.4. The summed E-state index contributed by atoms with van der Waals surface area (Å²) in [7, 11) is 3.18. The lowest BCUT2D eigenvalue weighted by Gasteiger charge is -2.13. The first-order chi connectivity index (χ1) is 14.0. The number of nitrogens with zero attached hydrogens (tertiary/aromatic N) is 2. The van der Waals surface area contributed by atoms with Crippen LogP contribution in [0.2, 0.25) is 0 Å². The Hall–Kier alpha value is -4.05. The fourth-order valence-corrected chi connectivity index (χ4v) is 3.83. The van der Waals surface area contributed by atoms with Gasteiger partial charge in [-0.3, -0.25) is 4.79 Å². The monoisotopic (exact) mass is 386 g/mol. The number of hydrogen-bond donors (Lipinski definition) is 2. The summed E-state index contributed by atoms with van der Waals surface area (Å²) in [5, 5.41) is 9.75. The Morgan fingerprint density at radius 1 is 1.10 bits per heavy atom. The molecule has 0 atom stereocenters. The van der Waals surface area contributed by atoms with Gasteiger partial charge in [0.15, 0.2) is 11.5 Å². The molecule has 0 fully saturated rings. The highest BCUT2D eigenvalue weighted by Gasteiger charge is 2.30. The van der Waals surface area contributed by atoms with Crippen molar-refractivity contribution in [1.29, 1.82) is 5.26 Å². The summed E-state index contributed by atoms with van der Waals surface area (Å²) in [4.78, 5) is 15.9. The van der Waals surface area contributed by atoms with Crippen LogP contribution >= 0.6 is 0 Å². The molecule has 29 heavy (non-hydrogen) atoms. The van der Waals surface area contributed by atoms with E-state index in [4.69, 9.17) is 20.9 Å². The van der Waals surface area contributed by atoms with E-state index in [1.807, 2.05) is 12.1 Å². The second-order valence-corrected chi connectivity index (χ2v) is 6.63. The number of nitrogens with two attached hydrogens (primary N) is 2. The third-order valence-corrected chi connectivity index (χ3v) is 5.15. The van der Waals surface area contributed by atoms with E-state index < -0.39 is 5.91 Å². The average molecular weight is 386 g/mol. The lowest BCUT2D eigenvalue weighted by molar-refractivity contribution is 0.100. The minimum Gasteiger partial charge on any atom is -0.493 e. The zero-order chi connectivity index (χ0) is 20.7. The number of carbonyl (C=O) groups is 1. The molecule has 144 valence electrons. The molecule has 0 saturated carbocycles. The highest BCUT2D eigenvalue weighted by Crippen LogP contribution is 2.48. The molecule has 0 saturated heterocycles. The quantitative estimate of drug-likeness (QED) is 0.556. The molecule has 3 aromatic rings. The number of primary amides is 1. The van der Waals surface area contributed by atoms with Crippen LogP contribution in [0, 0.1) is 11.3 Å². The normalized spacial score (nSPS) is 11.3. The number of pyridine rings is 1. The Morgan fingerprint density at radius 3 is 2.41 bits per heavy atom. The minimum absolute atomic E-state index is 0.155. The maximum Gasteiger partial charge on any atom is 0.248 e. The number of ether oxygens (including phenoxy) is 2. The van der Waals surface area contributed by atoms with Crippen molar-refractivity contribution in [3.8, 4) is 40.0 Å². The van der Waals surface area contributed by atoms with E-state index >= 15 is 0 Å². The van der Waals surface area contributed by atoms with Crippen LogP contribution in [0.5, 0.6) is 11.5 Å². The van der Waals surface area contributed by atoms with Crippen molar-refractivity contribution < 1.29 is 14.3 Å². The van der Waals surface area contributed by atoms with Gasteiger partial charge >= 0.3 is 0 Å². The van der Waals surface area contributed by atoms with Gasteiger partial charge in [0.1, 0.15) is 17.5 Å². The Morgan fingerprint density at radius 2 is 1.83 bits per heavy atom. The van der Waals surface area contributed by atoms with Gasteiger partial charge in [-0.2, -0.15) is 5.26 Å². The number of nitriles is 1. The van der Waals surface area contributed by atoms with Gasteiger partial charge in [-0.25, -0.2) is 4.98 Å². The molecule has 0 spiro atoms. The summed E-state index contributed by atoms with van der Waals surface area (Å²) in [6.07, 6.45) is 0.514. The molecule has 1 heterocycles. The van der Waals surface area contributed by atoms with Crippen molar-refractivity contribution in [2.24, 2.45) is 5.73 Å². The highest BCUT2D eigenvalue weighted by molar-refractivity contribution is 5.94. The number of rotatable bonds is 4. The van der Waals surface area contributed by atoms with Crippen molar-refractivity contribution in [3.05, 3.63) is 58.7 Å². The number of amides is 1. The van der Waals surface area contributed by atoms with Crippen molar-refractivity contribution in [2.45, 2.75) is 6.42 Å². The molecule has 1 aliphatic carbocycles. The van der Waals surface area contributed by atoms with E-state index in [1.54, 1.807) is 38.5 Å². The number of nitrogen functional groups attached to an aromatic ring is 1. The molecule has 0 aliphatic heterocycles. The molecular weight excluding hydrogens is 368 g/mol. The SMILES string of the molecule is COc1ccc2c(c1OC)Cc1c-2nc(N)c(C#N)c1-c1ccc(C(N)=O)cc1. The van der Waals surface area contributed by atoms with E-state index in [0.717, 1.165) is 22.3 Å². The molecule has 7 heteroatoms. The first-order valence-corrected chi connectivity index (χ1v) is 8.87. The van der Waals surface area contributed by atoms with Crippen molar-refractivity contribution in [1.82, 2.24) is 4.98 Å². The van der Waals surface area contributed by atoms with Gasteiger partial charge in [-0.05, 0) is 35.4 Å². The maximum absolute atomic E-state index is 11.4. The van der Waals surface area contributed by atoms with Crippen LogP contribution in [-0.2, 0) is 6.42 Å². The summed E-state index contributed by atoms with van der Waals surface area (Å²) < 4.78 is 11.0. The lowest BCUT2D eigenvalue weighted by atomic mass is 9.93. The fourth-order valence-electron chi connectivity index (χ4n) is 3.83. The molecule has 0 radical (unpaired) electrons. The van der Waals surface area contributed by atoms with Crippen LogP contribution in [0.15, 0.2) is 36.4 Å². The lowest BCUT2D eigenvalue weighted by Crippen LogP contribution is -2.10. The number of aromatic nitrogens is 1. The largest absolute Gasteiger partial charge is 0.493 e. The summed E-state index contributed by atoms with van der Waals surface area (Å²) in [5.74, 6) is 0.902. The second-order valence-electron chi connectivity index (χ2n) is 6.63. The summed E-state index contributed by atoms with van der Waals surface area (Å²) in [5.41, 5.74) is 17.0. The zero-order valence-corrected chi connectivity index (χ0v) is 15.9. The van der Waals surface area contributed by atoms with Crippen LogP contribution in [0.25, 0.3) is 22.4 Å². The van der Waals surface area contributed by atoms with Gasteiger partial charge < -0.3 is 20.9 Å². The molecule has 2 aromatic carbocycles. The number of anilines is 1. The Labute approximate surface area is 167 Å². The molecular formula is C22H18N4O3. The standard InChI is InChI=1S/C22H18N4O3/c1-28-17-8-7-13-14(20(17)29-2)9-15-18(16(10-23)21(24)26-19(13)15)11-3-5-12(6-4-11)22(25)27/h3-8H,9H2,1-2H3,(H2,24,26)(H2,25,27). The molecule has 0 unspecified atom stereocenters. The fraction of sp³-hybridized carbons (Fsp3) is 0.136. The molecule has 1 aliphatic rings. The van der Waals surface area contributed by atoms with E-state index in [2.05, 4.69) is 11.1 Å². The average Bonchev–Trinajstić information content (AvgIpc) is 3.10. The number of benzene rings is 2. The van der Waals surface area contributed by atoms with Gasteiger partial charge in [0, 0.05) is 28.7 Å². The van der Waals surface area contributed by atoms with Gasteiger partial charge in [-0.15, -0.1) is 0 Å². The number of hydrogen-bond acceptors (Lipinski definition) is 6. The summed E-state index contributed by atoms with van der Waals surface area (Å²) in [6, 6.07) is 12.7. The van der Waals surface area contributed by atoms with E-state index in [-0.39, 0.29) is 5.82 Å². The van der Waals surface area contributed by atoms with Gasteiger partial charge in [-0.1, -0.05) is 12.1 Å². The van der Waals surface area contributed by atoms with Crippen molar-refractivity contribution >= 4 is 11.7 Å². The van der Waals surface area contributed by atoms with Gasteiger partial charge in [0.2, 0.25) is 5.91 Å². The highest BCUT2D eigenvalue weighted by atomic mass is 16.5. The Bertz CT molecular complexity index is 1190. The Kier molecular flexibility index (Phi) is 4.32. The number of methoxy groups -OCH3 is 2. The first kappa shape index (κ1) is 18.3. The predicted octanol–water partition coefficient (Wildman–Crippen LogP) is 2.89. The second kappa shape index (κ2) is 6.84. The molecule has 7 nitrogen and oxygen atoms in total. The first-order valence-electron chi connectivity index (χ1n) is 8.87. The molecule has 1 amide bonds. The third-order valence-electron chi connectivity index (χ3n) is 5.15. The van der Waals surface area contributed by atoms with Crippen LogP contribution in [0.1, 0.15) is 27.0 Å². The Balaban J connectivity index is 1.97. The van der Waals surface area contributed by atoms with E-state index in [0.29, 0.717) is 40.3 Å². The van der Waals surface area contributed by atoms with Crippen molar-refractivity contribution in [2.75, 3.05) is 20.0 Å². The molecule has 4 rings (SSSR count). The number of fused-ring (bicyclic) bond motifs is 3. The number of carbonyl (C=O) groups excluding carboxylic acids is 1. The van der Waals surface area contributed by atoms with E-state index in [1.165, 1.54) is 0 Å². The summed E-state index contributed by atoms with van der Waals surface area (Å²) in [6.45, 7) is 0. The molecule has 0 bridgehead atoms. The van der Waals surface area contributed by atoms with Gasteiger partial charge in [0.05, 0.1) is 19.9 Å². The van der Waals surface area contributed by atoms with Crippen LogP contribution in [0.4, 0.5) is 5.82 Å². The minimum atomic E-state index is -0.513. The predicted molar refractivity (Wildman–Crippen MR) is 109 cm³/mol. The summed E-state index contributed by atoms with van der Waals surface area (Å²) >= 11 is 0. The van der Waals surface area contributed by atoms with Crippen LogP contribution in [0.3, 0.4) is 0 Å². The third kappa shape index (κ3) is 2.74. The van der Waals surface area contributed by atoms with Crippen LogP contribution < -0.4 is 20.9 Å². The molecule has 1 aromatic heterocycles. The van der Waals surface area contributed by atoms with Gasteiger partial charge in [0.25, 0.3) is 0 Å². The zero-order valence-electron chi connectivity index (χ0n) is 15.9.